The number of thiazole rings is 1. The zero-order chi connectivity index (χ0) is 28.2. The average Bonchev–Trinajstić information content (AvgIpc) is 3.65. The van der Waals surface area contributed by atoms with Gasteiger partial charge in [0.05, 0.1) is 43.5 Å². The summed E-state index contributed by atoms with van der Waals surface area (Å²) in [4.78, 5) is 33.7. The Hall–Kier alpha value is -3.08. The number of carbonyl (C=O) groups excluding carboxylic acids is 2. The Morgan fingerprint density at radius 1 is 1.12 bits per heavy atom. The Morgan fingerprint density at radius 2 is 1.85 bits per heavy atom. The van der Waals surface area contributed by atoms with E-state index in [1.807, 2.05) is 67.5 Å². The first-order chi connectivity index (χ1) is 19.2. The maximum Gasteiger partial charge on any atom is 0.307 e. The van der Waals surface area contributed by atoms with Crippen LogP contribution in [0, 0.1) is 5.41 Å². The summed E-state index contributed by atoms with van der Waals surface area (Å²) in [6.45, 7) is 11.4. The van der Waals surface area contributed by atoms with E-state index in [0.717, 1.165) is 73.2 Å². The predicted octanol–water partition coefficient (Wildman–Crippen LogP) is 3.86. The summed E-state index contributed by atoms with van der Waals surface area (Å²) in [5.41, 5.74) is 2.57. The molecule has 1 saturated heterocycles. The second kappa shape index (κ2) is 12.2. The first-order valence-corrected chi connectivity index (χ1v) is 14.9. The molecule has 1 N–H and O–H groups in total. The quantitative estimate of drug-likeness (QED) is 0.373. The monoisotopic (exact) mass is 565 g/mol. The van der Waals surface area contributed by atoms with Gasteiger partial charge in [-0.05, 0) is 51.2 Å². The van der Waals surface area contributed by atoms with Gasteiger partial charge in [0.1, 0.15) is 10.6 Å². The number of hydrogen-bond acceptors (Lipinski definition) is 8. The molecule has 2 aliphatic rings. The lowest BCUT2D eigenvalue weighted by molar-refractivity contribution is -0.160. The second-order valence-corrected chi connectivity index (χ2v) is 12.7. The van der Waals surface area contributed by atoms with Crippen LogP contribution in [-0.2, 0) is 45.0 Å². The molecule has 1 fully saturated rings. The Kier molecular flexibility index (Phi) is 8.68. The number of fused-ring (bicyclic) bond motifs is 1. The van der Waals surface area contributed by atoms with Gasteiger partial charge in [0.15, 0.2) is 0 Å². The standard InChI is InChI=1S/C30H39N5O4S/c1-29(2,3)39-27(36)17-30(15-22-7-4-5-8-23(22)16-30)28(37)31-19-26-33-25(21-40-26)24-18-32-35(20-24)10-6-9-34-11-13-38-14-12-34/h4-5,7-8,18,20-21H,6,9-17,19H2,1-3H3,(H,31,37). The third-order valence-corrected chi connectivity index (χ3v) is 8.26. The first kappa shape index (κ1) is 28.4. The highest BCUT2D eigenvalue weighted by atomic mass is 32.1. The van der Waals surface area contributed by atoms with Crippen molar-refractivity contribution in [3.63, 3.8) is 0 Å². The van der Waals surface area contributed by atoms with Crippen LogP contribution in [0.3, 0.4) is 0 Å². The number of morpholine rings is 1. The van der Waals surface area contributed by atoms with Gasteiger partial charge in [0.2, 0.25) is 5.91 Å². The molecule has 5 rings (SSSR count). The lowest BCUT2D eigenvalue weighted by Gasteiger charge is -2.29. The van der Waals surface area contributed by atoms with Gasteiger partial charge in [-0.1, -0.05) is 24.3 Å². The average molecular weight is 566 g/mol. The van der Waals surface area contributed by atoms with Gasteiger partial charge in [-0.3, -0.25) is 19.2 Å². The molecule has 1 aliphatic heterocycles. The normalized spacial score (nSPS) is 17.0. The number of rotatable bonds is 10. The molecule has 3 aromatic rings. The number of ether oxygens (including phenoxy) is 2. The van der Waals surface area contributed by atoms with Crippen LogP contribution in [0.1, 0.15) is 49.7 Å². The Bertz CT molecular complexity index is 1300. The molecule has 40 heavy (non-hydrogen) atoms. The fraction of sp³-hybridized carbons (Fsp3) is 0.533. The molecule has 3 heterocycles. The zero-order valence-electron chi connectivity index (χ0n) is 23.6. The lowest BCUT2D eigenvalue weighted by atomic mass is 9.80. The van der Waals surface area contributed by atoms with Crippen molar-refractivity contribution < 1.29 is 19.1 Å². The number of amides is 1. The highest BCUT2D eigenvalue weighted by molar-refractivity contribution is 7.09. The SMILES string of the molecule is CC(C)(C)OC(=O)CC1(C(=O)NCc2nc(-c3cnn(CCCN4CCOCC4)c3)cs2)Cc2ccccc2C1. The van der Waals surface area contributed by atoms with Crippen molar-refractivity contribution in [3.8, 4) is 11.3 Å². The molecule has 0 radical (unpaired) electrons. The second-order valence-electron chi connectivity index (χ2n) is 11.8. The van der Waals surface area contributed by atoms with Gasteiger partial charge < -0.3 is 14.8 Å². The van der Waals surface area contributed by atoms with Crippen LogP contribution in [-0.4, -0.2) is 70.0 Å². The minimum atomic E-state index is -0.867. The molecule has 0 unspecified atom stereocenters. The number of carbonyl (C=O) groups is 2. The molecular formula is C30H39N5O4S. The maximum atomic E-state index is 13.6. The molecule has 0 saturated carbocycles. The van der Waals surface area contributed by atoms with Gasteiger partial charge in [0.25, 0.3) is 0 Å². The van der Waals surface area contributed by atoms with Crippen LogP contribution in [0.25, 0.3) is 11.3 Å². The van der Waals surface area contributed by atoms with Crippen molar-refractivity contribution in [1.29, 1.82) is 0 Å². The summed E-state index contributed by atoms with van der Waals surface area (Å²) < 4.78 is 13.0. The van der Waals surface area contributed by atoms with E-state index in [1.165, 1.54) is 11.3 Å². The van der Waals surface area contributed by atoms with E-state index in [1.54, 1.807) is 0 Å². The number of aryl methyl sites for hydroxylation is 1. The van der Waals surface area contributed by atoms with E-state index >= 15 is 0 Å². The van der Waals surface area contributed by atoms with Gasteiger partial charge in [0, 0.05) is 43.3 Å². The van der Waals surface area contributed by atoms with Crippen molar-refractivity contribution in [1.82, 2.24) is 25.0 Å². The van der Waals surface area contributed by atoms with E-state index < -0.39 is 11.0 Å². The van der Waals surface area contributed by atoms with E-state index in [-0.39, 0.29) is 18.3 Å². The Balaban J connectivity index is 1.18. The molecule has 0 atom stereocenters. The summed E-state index contributed by atoms with van der Waals surface area (Å²) in [7, 11) is 0. The highest BCUT2D eigenvalue weighted by Gasteiger charge is 2.46. The molecule has 1 amide bonds. The third kappa shape index (κ3) is 7.16. The van der Waals surface area contributed by atoms with E-state index in [0.29, 0.717) is 19.4 Å². The fourth-order valence-electron chi connectivity index (χ4n) is 5.48. The highest BCUT2D eigenvalue weighted by Crippen LogP contribution is 2.41. The van der Waals surface area contributed by atoms with Crippen LogP contribution < -0.4 is 5.32 Å². The zero-order valence-corrected chi connectivity index (χ0v) is 24.5. The van der Waals surface area contributed by atoms with Gasteiger partial charge in [-0.25, -0.2) is 4.98 Å². The summed E-state index contributed by atoms with van der Waals surface area (Å²) in [5.74, 6) is -0.492. The molecule has 0 spiro atoms. The number of nitrogens with one attached hydrogen (secondary N) is 1. The van der Waals surface area contributed by atoms with Crippen molar-refractivity contribution in [3.05, 3.63) is 58.2 Å². The molecule has 10 heteroatoms. The summed E-state index contributed by atoms with van der Waals surface area (Å²) in [6.07, 6.45) is 5.98. The molecule has 214 valence electrons. The number of nitrogens with zero attached hydrogens (tertiary/aromatic N) is 4. The Labute approximate surface area is 239 Å². The van der Waals surface area contributed by atoms with E-state index in [2.05, 4.69) is 15.3 Å². The molecule has 2 aromatic heterocycles. The lowest BCUT2D eigenvalue weighted by Crippen LogP contribution is -2.44. The molecule has 9 nitrogen and oxygen atoms in total. The third-order valence-electron chi connectivity index (χ3n) is 7.41. The van der Waals surface area contributed by atoms with Crippen LogP contribution in [0.4, 0.5) is 0 Å². The summed E-state index contributed by atoms with van der Waals surface area (Å²) in [6, 6.07) is 8.03. The minimum Gasteiger partial charge on any atom is -0.460 e. The van der Waals surface area contributed by atoms with Gasteiger partial charge in [-0.15, -0.1) is 11.3 Å². The summed E-state index contributed by atoms with van der Waals surface area (Å²) in [5, 5.41) is 10.4. The van der Waals surface area contributed by atoms with Gasteiger partial charge in [-0.2, -0.15) is 5.10 Å². The number of aromatic nitrogens is 3. The van der Waals surface area contributed by atoms with Crippen molar-refractivity contribution in [2.45, 2.75) is 65.1 Å². The topological polar surface area (TPSA) is 98.6 Å². The smallest absolute Gasteiger partial charge is 0.307 e. The van der Waals surface area contributed by atoms with Crippen molar-refractivity contribution in [2.24, 2.45) is 5.41 Å². The molecular weight excluding hydrogens is 526 g/mol. The minimum absolute atomic E-state index is 0.0403. The summed E-state index contributed by atoms with van der Waals surface area (Å²) >= 11 is 1.51. The largest absolute Gasteiger partial charge is 0.460 e. The van der Waals surface area contributed by atoms with E-state index in [4.69, 9.17) is 14.5 Å². The maximum absolute atomic E-state index is 13.6. The molecule has 1 aromatic carbocycles. The van der Waals surface area contributed by atoms with Crippen LogP contribution in [0.15, 0.2) is 42.0 Å². The van der Waals surface area contributed by atoms with Crippen LogP contribution in [0.5, 0.6) is 0 Å². The van der Waals surface area contributed by atoms with Crippen LogP contribution >= 0.6 is 11.3 Å². The number of esters is 1. The van der Waals surface area contributed by atoms with E-state index in [9.17, 15) is 9.59 Å². The van der Waals surface area contributed by atoms with Crippen molar-refractivity contribution >= 4 is 23.2 Å². The predicted molar refractivity (Wildman–Crippen MR) is 154 cm³/mol. The molecule has 0 bridgehead atoms. The fourth-order valence-corrected chi connectivity index (χ4v) is 6.22. The number of hydrogen-bond donors (Lipinski definition) is 1. The van der Waals surface area contributed by atoms with Crippen molar-refractivity contribution in [2.75, 3.05) is 32.8 Å². The first-order valence-electron chi connectivity index (χ1n) is 14.0. The number of benzene rings is 1. The van der Waals surface area contributed by atoms with Crippen LogP contribution in [0.2, 0.25) is 0 Å². The molecule has 1 aliphatic carbocycles. The Morgan fingerprint density at radius 3 is 2.55 bits per heavy atom. The van der Waals surface area contributed by atoms with Gasteiger partial charge >= 0.3 is 5.97 Å².